The number of amides is 1. The number of hydrogen-bond acceptors (Lipinski definition) is 4. The van der Waals surface area contributed by atoms with Gasteiger partial charge in [-0.3, -0.25) is 4.79 Å². The van der Waals surface area contributed by atoms with Crippen LogP contribution < -0.4 is 10.5 Å². The van der Waals surface area contributed by atoms with Gasteiger partial charge in [0, 0.05) is 17.0 Å². The van der Waals surface area contributed by atoms with Crippen molar-refractivity contribution in [3.63, 3.8) is 0 Å². The Labute approximate surface area is 127 Å². The first-order chi connectivity index (χ1) is 10.0. The van der Waals surface area contributed by atoms with Gasteiger partial charge in [0.15, 0.2) is 0 Å². The molecule has 0 unspecified atom stereocenters. The van der Waals surface area contributed by atoms with Crippen LogP contribution in [-0.4, -0.2) is 15.9 Å². The molecular formula is C15H14ClN3O2. The first-order valence-electron chi connectivity index (χ1n) is 6.66. The summed E-state index contributed by atoms with van der Waals surface area (Å²) in [5.74, 6) is 1.67. The van der Waals surface area contributed by atoms with E-state index >= 15 is 0 Å². The fraction of sp³-hybridized carbons (Fsp3) is 0.267. The Kier molecular flexibility index (Phi) is 3.51. The minimum atomic E-state index is -0.473. The first-order valence-corrected chi connectivity index (χ1v) is 7.04. The Morgan fingerprint density at radius 2 is 1.95 bits per heavy atom. The van der Waals surface area contributed by atoms with Crippen LogP contribution in [0.1, 0.15) is 40.5 Å². The molecule has 0 aliphatic heterocycles. The highest BCUT2D eigenvalue weighted by Gasteiger charge is 2.28. The van der Waals surface area contributed by atoms with Crippen molar-refractivity contribution in [2.75, 3.05) is 0 Å². The van der Waals surface area contributed by atoms with Crippen LogP contribution >= 0.6 is 11.6 Å². The summed E-state index contributed by atoms with van der Waals surface area (Å²) in [5.41, 5.74) is 6.33. The SMILES string of the molecule is Cc1c(Cl)nc(C2CC2)nc1Oc1ccc(C(N)=O)cc1. The van der Waals surface area contributed by atoms with Crippen LogP contribution in [0.15, 0.2) is 24.3 Å². The van der Waals surface area contributed by atoms with Crippen molar-refractivity contribution < 1.29 is 9.53 Å². The van der Waals surface area contributed by atoms with Gasteiger partial charge in [0.1, 0.15) is 16.7 Å². The van der Waals surface area contributed by atoms with E-state index in [-0.39, 0.29) is 0 Å². The number of halogens is 1. The molecule has 1 aliphatic rings. The second kappa shape index (κ2) is 5.33. The zero-order chi connectivity index (χ0) is 15.0. The molecule has 0 spiro atoms. The minimum Gasteiger partial charge on any atom is -0.439 e. The maximum absolute atomic E-state index is 11.0. The predicted molar refractivity (Wildman–Crippen MR) is 78.8 cm³/mol. The van der Waals surface area contributed by atoms with Crippen LogP contribution in [-0.2, 0) is 0 Å². The van der Waals surface area contributed by atoms with Gasteiger partial charge in [0.05, 0.1) is 0 Å². The molecule has 3 rings (SSSR count). The molecule has 0 saturated heterocycles. The number of primary amides is 1. The molecule has 2 N–H and O–H groups in total. The van der Waals surface area contributed by atoms with E-state index in [0.29, 0.717) is 33.8 Å². The monoisotopic (exact) mass is 303 g/mol. The van der Waals surface area contributed by atoms with Gasteiger partial charge in [0.25, 0.3) is 0 Å². The summed E-state index contributed by atoms with van der Waals surface area (Å²) in [6.45, 7) is 1.81. The van der Waals surface area contributed by atoms with Crippen molar-refractivity contribution in [2.24, 2.45) is 5.73 Å². The Morgan fingerprint density at radius 1 is 1.29 bits per heavy atom. The molecule has 21 heavy (non-hydrogen) atoms. The summed E-state index contributed by atoms with van der Waals surface area (Å²) >= 11 is 6.13. The van der Waals surface area contributed by atoms with E-state index < -0.39 is 5.91 Å². The van der Waals surface area contributed by atoms with Crippen molar-refractivity contribution in [3.05, 3.63) is 46.4 Å². The quantitative estimate of drug-likeness (QED) is 0.880. The van der Waals surface area contributed by atoms with Gasteiger partial charge in [-0.1, -0.05) is 11.6 Å². The number of carbonyl (C=O) groups excluding carboxylic acids is 1. The highest BCUT2D eigenvalue weighted by atomic mass is 35.5. The number of rotatable bonds is 4. The summed E-state index contributed by atoms with van der Waals surface area (Å²) < 4.78 is 5.76. The third kappa shape index (κ3) is 2.97. The molecule has 1 amide bonds. The summed E-state index contributed by atoms with van der Waals surface area (Å²) in [5, 5.41) is 0.413. The lowest BCUT2D eigenvalue weighted by molar-refractivity contribution is 0.100. The summed E-state index contributed by atoms with van der Waals surface area (Å²) in [6.07, 6.45) is 2.18. The highest BCUT2D eigenvalue weighted by Crippen LogP contribution is 2.40. The fourth-order valence-electron chi connectivity index (χ4n) is 1.91. The largest absolute Gasteiger partial charge is 0.439 e. The second-order valence-corrected chi connectivity index (χ2v) is 5.43. The average Bonchev–Trinajstić information content (AvgIpc) is 3.29. The van der Waals surface area contributed by atoms with Crippen LogP contribution in [0, 0.1) is 6.92 Å². The van der Waals surface area contributed by atoms with Gasteiger partial charge >= 0.3 is 0 Å². The van der Waals surface area contributed by atoms with Crippen LogP contribution in [0.4, 0.5) is 0 Å². The molecule has 0 bridgehead atoms. The molecule has 1 saturated carbocycles. The predicted octanol–water partition coefficient (Wildman–Crippen LogP) is 3.21. The van der Waals surface area contributed by atoms with Crippen molar-refractivity contribution in [1.82, 2.24) is 9.97 Å². The molecule has 1 fully saturated rings. The Bertz CT molecular complexity index is 697. The lowest BCUT2D eigenvalue weighted by Crippen LogP contribution is -2.10. The molecule has 108 valence electrons. The van der Waals surface area contributed by atoms with Crippen molar-refractivity contribution in [1.29, 1.82) is 0 Å². The fourth-order valence-corrected chi connectivity index (χ4v) is 2.08. The van der Waals surface area contributed by atoms with E-state index in [4.69, 9.17) is 22.1 Å². The third-order valence-corrected chi connectivity index (χ3v) is 3.72. The Morgan fingerprint density at radius 3 is 2.52 bits per heavy atom. The van der Waals surface area contributed by atoms with Gasteiger partial charge in [0.2, 0.25) is 11.8 Å². The summed E-state index contributed by atoms with van der Waals surface area (Å²) in [4.78, 5) is 19.8. The van der Waals surface area contributed by atoms with E-state index in [1.54, 1.807) is 24.3 Å². The maximum Gasteiger partial charge on any atom is 0.248 e. The van der Waals surface area contributed by atoms with Gasteiger partial charge in [-0.15, -0.1) is 0 Å². The molecule has 1 aromatic heterocycles. The van der Waals surface area contributed by atoms with Gasteiger partial charge in [-0.05, 0) is 44.0 Å². The molecule has 5 nitrogen and oxygen atoms in total. The van der Waals surface area contributed by atoms with E-state index in [2.05, 4.69) is 9.97 Å². The lowest BCUT2D eigenvalue weighted by atomic mass is 10.2. The van der Waals surface area contributed by atoms with Gasteiger partial charge in [-0.25, -0.2) is 4.98 Å². The Hall–Kier alpha value is -2.14. The standard InChI is InChI=1S/C15H14ClN3O2/c1-8-12(16)18-14(10-2-3-10)19-15(8)21-11-6-4-9(5-7-11)13(17)20/h4-7,10H,2-3H2,1H3,(H2,17,20). The number of nitrogens with zero attached hydrogens (tertiary/aromatic N) is 2. The maximum atomic E-state index is 11.0. The number of aromatic nitrogens is 2. The minimum absolute atomic E-state index is 0.391. The highest BCUT2D eigenvalue weighted by molar-refractivity contribution is 6.30. The van der Waals surface area contributed by atoms with E-state index in [1.165, 1.54) is 0 Å². The third-order valence-electron chi connectivity index (χ3n) is 3.35. The molecule has 0 atom stereocenters. The topological polar surface area (TPSA) is 78.1 Å². The lowest BCUT2D eigenvalue weighted by Gasteiger charge is -2.10. The molecular weight excluding hydrogens is 290 g/mol. The van der Waals surface area contributed by atoms with Gasteiger partial charge in [-0.2, -0.15) is 4.98 Å². The molecule has 1 heterocycles. The van der Waals surface area contributed by atoms with Crippen molar-refractivity contribution >= 4 is 17.5 Å². The summed E-state index contributed by atoms with van der Waals surface area (Å²) in [7, 11) is 0. The molecule has 1 aromatic carbocycles. The van der Waals surface area contributed by atoms with Crippen LogP contribution in [0.2, 0.25) is 5.15 Å². The normalized spacial score (nSPS) is 14.0. The summed E-state index contributed by atoms with van der Waals surface area (Å²) in [6, 6.07) is 6.56. The number of hydrogen-bond donors (Lipinski definition) is 1. The van der Waals surface area contributed by atoms with Crippen LogP contribution in [0.25, 0.3) is 0 Å². The van der Waals surface area contributed by atoms with E-state index in [9.17, 15) is 4.79 Å². The molecule has 0 radical (unpaired) electrons. The number of benzene rings is 1. The zero-order valence-corrected chi connectivity index (χ0v) is 12.2. The number of carbonyl (C=O) groups is 1. The van der Waals surface area contributed by atoms with Crippen molar-refractivity contribution in [3.8, 4) is 11.6 Å². The number of ether oxygens (including phenoxy) is 1. The smallest absolute Gasteiger partial charge is 0.248 e. The van der Waals surface area contributed by atoms with Gasteiger partial charge < -0.3 is 10.5 Å². The number of nitrogens with two attached hydrogens (primary N) is 1. The zero-order valence-electron chi connectivity index (χ0n) is 11.5. The second-order valence-electron chi connectivity index (χ2n) is 5.07. The van der Waals surface area contributed by atoms with E-state index in [0.717, 1.165) is 18.7 Å². The van der Waals surface area contributed by atoms with Crippen LogP contribution in [0.5, 0.6) is 11.6 Å². The molecule has 6 heteroatoms. The van der Waals surface area contributed by atoms with Crippen molar-refractivity contribution in [2.45, 2.75) is 25.7 Å². The van der Waals surface area contributed by atoms with Crippen LogP contribution in [0.3, 0.4) is 0 Å². The first kappa shape index (κ1) is 13.8. The van der Waals surface area contributed by atoms with E-state index in [1.807, 2.05) is 6.92 Å². The average molecular weight is 304 g/mol. The molecule has 2 aromatic rings. The Balaban J connectivity index is 1.88. The molecule has 1 aliphatic carbocycles.